The number of anilines is 1. The Morgan fingerprint density at radius 2 is 1.76 bits per heavy atom. The summed E-state index contributed by atoms with van der Waals surface area (Å²) in [4.78, 5) is 53.7. The molecule has 3 aromatic rings. The Bertz CT molecular complexity index is 2360. The third kappa shape index (κ3) is 6.03. The summed E-state index contributed by atoms with van der Waals surface area (Å²) in [6.45, 7) is 12.4. The van der Waals surface area contributed by atoms with Crippen LogP contribution in [0.1, 0.15) is 75.3 Å². The first-order valence-corrected chi connectivity index (χ1v) is 22.5. The van der Waals surface area contributed by atoms with Crippen molar-refractivity contribution in [3.8, 4) is 5.75 Å². The largest absolute Gasteiger partial charge is 0.496 e. The van der Waals surface area contributed by atoms with Crippen LogP contribution < -0.4 is 9.64 Å². The Kier molecular flexibility index (Phi) is 10.9. The van der Waals surface area contributed by atoms with Crippen molar-refractivity contribution in [3.05, 3.63) is 83.6 Å². The molecule has 5 aliphatic heterocycles. The van der Waals surface area contributed by atoms with E-state index in [0.29, 0.717) is 88.2 Å². The van der Waals surface area contributed by atoms with Crippen molar-refractivity contribution in [2.45, 2.75) is 99.5 Å². The van der Waals surface area contributed by atoms with E-state index in [4.69, 9.17) is 23.7 Å². The number of benzene rings is 2. The van der Waals surface area contributed by atoms with E-state index in [1.165, 1.54) is 21.1 Å². The number of nitrogens with zero attached hydrogens (tertiary/aromatic N) is 3. The fourth-order valence-corrected chi connectivity index (χ4v) is 13.7. The molecule has 6 aliphatic rings. The lowest BCUT2D eigenvalue weighted by atomic mass is 9.47. The molecule has 6 heterocycles. The van der Waals surface area contributed by atoms with Crippen LogP contribution >= 0.6 is 0 Å². The number of H-pyrrole nitrogens is 1. The number of hydrogen-bond acceptors (Lipinski definition) is 13. The van der Waals surface area contributed by atoms with Crippen LogP contribution in [0.15, 0.2) is 61.2 Å². The van der Waals surface area contributed by atoms with Gasteiger partial charge in [0.15, 0.2) is 6.10 Å². The van der Waals surface area contributed by atoms with Crippen molar-refractivity contribution < 1.29 is 48.3 Å². The van der Waals surface area contributed by atoms with Crippen molar-refractivity contribution in [3.63, 3.8) is 0 Å². The van der Waals surface area contributed by atoms with E-state index in [9.17, 15) is 19.8 Å². The molecule has 14 nitrogen and oxygen atoms in total. The number of carbonyl (C=O) groups excluding carboxylic acids is 3. The first-order valence-electron chi connectivity index (χ1n) is 22.5. The molecule has 63 heavy (non-hydrogen) atoms. The maximum Gasteiger partial charge on any atom is 0.344 e. The van der Waals surface area contributed by atoms with E-state index in [2.05, 4.69) is 33.5 Å². The molecule has 2 aromatic carbocycles. The maximum absolute atomic E-state index is 15.5. The second-order valence-corrected chi connectivity index (χ2v) is 18.9. The topological polar surface area (TPSA) is 163 Å². The monoisotopic (exact) mass is 866 g/mol. The quantitative estimate of drug-likeness (QED) is 0.107. The molecule has 2 bridgehead atoms. The van der Waals surface area contributed by atoms with Gasteiger partial charge in [0, 0.05) is 83.9 Å². The number of nitrogens with one attached hydrogen (secondary N) is 1. The van der Waals surface area contributed by atoms with E-state index in [-0.39, 0.29) is 25.3 Å². The number of methoxy groups -OCH3 is 3. The molecule has 338 valence electrons. The first kappa shape index (κ1) is 43.5. The molecule has 10 atom stereocenters. The zero-order chi connectivity index (χ0) is 44.7. The van der Waals surface area contributed by atoms with Crippen molar-refractivity contribution >= 4 is 34.5 Å². The fourth-order valence-electron chi connectivity index (χ4n) is 13.7. The molecule has 14 heteroatoms. The maximum atomic E-state index is 15.5. The summed E-state index contributed by atoms with van der Waals surface area (Å²) >= 11 is 0. The molecule has 0 amide bonds. The summed E-state index contributed by atoms with van der Waals surface area (Å²) in [6.07, 6.45) is 7.29. The zero-order valence-corrected chi connectivity index (χ0v) is 37.4. The predicted molar refractivity (Wildman–Crippen MR) is 236 cm³/mol. The summed E-state index contributed by atoms with van der Waals surface area (Å²) in [6, 6.07) is 10.7. The van der Waals surface area contributed by atoms with Gasteiger partial charge in [-0.25, -0.2) is 4.79 Å². The second-order valence-electron chi connectivity index (χ2n) is 18.9. The summed E-state index contributed by atoms with van der Waals surface area (Å²) < 4.78 is 30.4. The Morgan fingerprint density at radius 1 is 0.984 bits per heavy atom. The third-order valence-electron chi connectivity index (χ3n) is 15.9. The van der Waals surface area contributed by atoms with Crippen LogP contribution in [-0.2, 0) is 50.6 Å². The highest BCUT2D eigenvalue weighted by Crippen LogP contribution is 2.68. The lowest BCUT2D eigenvalue weighted by molar-refractivity contribution is -0.229. The Hall–Kier alpha value is -4.73. The number of rotatable bonds is 11. The van der Waals surface area contributed by atoms with Gasteiger partial charge in [-0.2, -0.15) is 0 Å². The average molecular weight is 867 g/mol. The van der Waals surface area contributed by atoms with Crippen LogP contribution in [0.3, 0.4) is 0 Å². The summed E-state index contributed by atoms with van der Waals surface area (Å²) in [5.41, 5.74) is -2.23. The molecule has 2 saturated heterocycles. The Morgan fingerprint density at radius 3 is 2.46 bits per heavy atom. The molecule has 0 radical (unpaired) electrons. The van der Waals surface area contributed by atoms with Crippen molar-refractivity contribution in [2.24, 2.45) is 11.3 Å². The highest BCUT2D eigenvalue weighted by atomic mass is 16.6. The number of aromatic amines is 1. The SMILES string of the molecule is C=CCOCN1c2cc(OC)c([C@@]3(C(=O)OC)C[C@@H]4CN(CCc5c3[nH]c3ccccc53)C[C@](O)(CC)C4)cc2C23CCN4CC=C[C@](CC)([C@H]42)[C@@H](OC(C)=O)[C@](O)(C(=O)OC)[C@H]13. The van der Waals surface area contributed by atoms with Crippen molar-refractivity contribution in [2.75, 3.05) is 72.3 Å². The van der Waals surface area contributed by atoms with Gasteiger partial charge in [-0.05, 0) is 74.2 Å². The van der Waals surface area contributed by atoms with E-state index in [1.807, 2.05) is 55.2 Å². The highest BCUT2D eigenvalue weighted by Gasteiger charge is 2.81. The minimum atomic E-state index is -2.41. The number of ether oxygens (including phenoxy) is 5. The van der Waals surface area contributed by atoms with Gasteiger partial charge < -0.3 is 43.8 Å². The van der Waals surface area contributed by atoms with Crippen molar-refractivity contribution in [1.29, 1.82) is 0 Å². The number of hydrogen-bond donors (Lipinski definition) is 3. The van der Waals surface area contributed by atoms with Gasteiger partial charge >= 0.3 is 17.9 Å². The smallest absolute Gasteiger partial charge is 0.344 e. The molecular formula is C49H62N4O10. The normalized spacial score (nSPS) is 35.3. The molecule has 1 saturated carbocycles. The van der Waals surface area contributed by atoms with E-state index in [0.717, 1.165) is 27.7 Å². The molecule has 3 fully saturated rings. The molecule has 1 spiro atoms. The van der Waals surface area contributed by atoms with Gasteiger partial charge in [0.05, 0.1) is 39.6 Å². The molecule has 1 aliphatic carbocycles. The molecule has 9 rings (SSSR count). The van der Waals surface area contributed by atoms with Gasteiger partial charge in [0.2, 0.25) is 5.60 Å². The number of aromatic nitrogens is 1. The molecular weight excluding hydrogens is 805 g/mol. The average Bonchev–Trinajstić information content (AvgIpc) is 3.96. The first-order chi connectivity index (χ1) is 30.3. The number of piperidine rings is 1. The standard InChI is InChI=1S/C49H62N4O10/c1-8-22-62-29-53-37-24-38(59-5)35(23-34(37)47-18-21-52-19-13-17-46(10-3,40(47)52)42(63-30(4)54)49(58,41(47)53)44(56)61-7)48(43(55)60-6)26-31-25-45(57,9-2)28-51(27-31)20-16-33-32-14-11-12-15-36(32)50-39(33)48/h8,11-15,17,23-24,31,40-42,50,57-58H,1,9-10,16,18-22,25-29H2,2-7H3/t31-,40+,41-,42-,45+,46-,47?,48+,49+/m1/s1. The minimum Gasteiger partial charge on any atom is -0.496 e. The Labute approximate surface area is 369 Å². The van der Waals surface area contributed by atoms with E-state index >= 15 is 4.79 Å². The lowest BCUT2D eigenvalue weighted by Crippen LogP contribution is -2.81. The predicted octanol–water partition coefficient (Wildman–Crippen LogP) is 4.52. The van der Waals surface area contributed by atoms with Crippen LogP contribution in [-0.4, -0.2) is 140 Å². The summed E-state index contributed by atoms with van der Waals surface area (Å²) in [5.74, 6) is -1.75. The van der Waals surface area contributed by atoms with Crippen LogP contribution in [0.5, 0.6) is 5.75 Å². The van der Waals surface area contributed by atoms with Crippen LogP contribution in [0.2, 0.25) is 0 Å². The third-order valence-corrected chi connectivity index (χ3v) is 15.9. The van der Waals surface area contributed by atoms with Gasteiger partial charge in [0.25, 0.3) is 0 Å². The fraction of sp³-hybridized carbons (Fsp3) is 0.571. The van der Waals surface area contributed by atoms with Crippen molar-refractivity contribution in [1.82, 2.24) is 14.8 Å². The Balaban J connectivity index is 1.38. The molecule has 2 unspecified atom stereocenters. The van der Waals surface area contributed by atoms with Crippen LogP contribution in [0.4, 0.5) is 5.69 Å². The van der Waals surface area contributed by atoms with Gasteiger partial charge in [-0.1, -0.05) is 50.3 Å². The van der Waals surface area contributed by atoms with Gasteiger partial charge in [-0.15, -0.1) is 6.58 Å². The number of aliphatic hydroxyl groups is 2. The molecule has 1 aromatic heterocycles. The van der Waals surface area contributed by atoms with Gasteiger partial charge in [0.1, 0.15) is 17.9 Å². The van der Waals surface area contributed by atoms with Crippen LogP contribution in [0.25, 0.3) is 10.9 Å². The lowest BCUT2D eigenvalue weighted by Gasteiger charge is -2.63. The summed E-state index contributed by atoms with van der Waals surface area (Å²) in [7, 11) is 4.25. The van der Waals surface area contributed by atoms with Crippen LogP contribution in [0, 0.1) is 11.3 Å². The number of carbonyl (C=O) groups is 3. The molecule has 3 N–H and O–H groups in total. The summed E-state index contributed by atoms with van der Waals surface area (Å²) in [5, 5.41) is 26.7. The highest BCUT2D eigenvalue weighted by molar-refractivity contribution is 5.95. The number of fused-ring (bicyclic) bond motifs is 6. The second kappa shape index (κ2) is 15.8. The van der Waals surface area contributed by atoms with E-state index in [1.54, 1.807) is 13.2 Å². The zero-order valence-electron chi connectivity index (χ0n) is 37.4. The number of para-hydroxylation sites is 1. The van der Waals surface area contributed by atoms with Gasteiger partial charge in [-0.3, -0.25) is 19.4 Å². The van der Waals surface area contributed by atoms with E-state index < -0.39 is 57.5 Å². The minimum absolute atomic E-state index is 0.0659. The number of esters is 3.